The van der Waals surface area contributed by atoms with Crippen molar-refractivity contribution in [1.29, 1.82) is 5.26 Å². The van der Waals surface area contributed by atoms with Crippen LogP contribution in [0.2, 0.25) is 5.02 Å². The van der Waals surface area contributed by atoms with Crippen molar-refractivity contribution in [3.8, 4) is 34.4 Å². The van der Waals surface area contributed by atoms with Gasteiger partial charge in [0.2, 0.25) is 0 Å². The number of para-hydroxylation sites is 2. The standard InChI is InChI=1S/C45H47ClN6O3/c1-31-35(10-7-11-37(31)38-12-8-15-42(32(38)2)53-21-9-20-52-18-5-6-19-52)30-55-44-24-43(54-29-34-22-33(25-47)26-49-27-34)36(23-39(44)46)28-48-17-16-45-50-40-13-3-4-14-41(40)51-45/h3-4,7-8,10-15,22-24,26-27,48H,5-6,9,16-21,28-30H2,1-2H3,(H,50,51). The molecule has 1 aliphatic rings. The topological polar surface area (TPSA) is 108 Å². The molecule has 0 bridgehead atoms. The highest BCUT2D eigenvalue weighted by Crippen LogP contribution is 2.36. The molecule has 55 heavy (non-hydrogen) atoms. The number of benzene rings is 4. The molecule has 0 amide bonds. The minimum atomic E-state index is 0.233. The Morgan fingerprint density at radius 3 is 2.47 bits per heavy atom. The number of halogens is 1. The van der Waals surface area contributed by atoms with Gasteiger partial charge < -0.3 is 29.4 Å². The van der Waals surface area contributed by atoms with Crippen LogP contribution in [-0.2, 0) is 26.2 Å². The van der Waals surface area contributed by atoms with Crippen LogP contribution in [0.3, 0.4) is 0 Å². The predicted octanol–water partition coefficient (Wildman–Crippen LogP) is 9.12. The van der Waals surface area contributed by atoms with Gasteiger partial charge in [0.15, 0.2) is 0 Å². The van der Waals surface area contributed by atoms with Crippen molar-refractivity contribution < 1.29 is 14.2 Å². The van der Waals surface area contributed by atoms with Gasteiger partial charge >= 0.3 is 0 Å². The minimum Gasteiger partial charge on any atom is -0.493 e. The Labute approximate surface area is 328 Å². The molecule has 0 unspecified atom stereocenters. The fourth-order valence-electron chi connectivity index (χ4n) is 7.13. The van der Waals surface area contributed by atoms with Crippen LogP contribution in [0, 0.1) is 25.2 Å². The number of rotatable bonds is 17. The molecule has 7 rings (SSSR count). The monoisotopic (exact) mass is 754 g/mol. The molecule has 0 radical (unpaired) electrons. The molecule has 0 aliphatic carbocycles. The molecule has 3 heterocycles. The summed E-state index contributed by atoms with van der Waals surface area (Å²) in [6, 6.07) is 28.3. The number of pyridine rings is 1. The quantitative estimate of drug-likeness (QED) is 0.0889. The summed E-state index contributed by atoms with van der Waals surface area (Å²) in [6.45, 7) is 10.3. The molecule has 6 aromatic rings. The molecular formula is C45H47ClN6O3. The van der Waals surface area contributed by atoms with Crippen molar-refractivity contribution in [2.45, 2.75) is 59.3 Å². The van der Waals surface area contributed by atoms with Crippen LogP contribution < -0.4 is 19.5 Å². The van der Waals surface area contributed by atoms with E-state index < -0.39 is 0 Å². The zero-order chi connectivity index (χ0) is 38.0. The summed E-state index contributed by atoms with van der Waals surface area (Å²) in [6.07, 6.45) is 7.62. The van der Waals surface area contributed by atoms with Crippen LogP contribution in [0.4, 0.5) is 0 Å². The van der Waals surface area contributed by atoms with Gasteiger partial charge in [-0.3, -0.25) is 4.98 Å². The van der Waals surface area contributed by atoms with Crippen molar-refractivity contribution >= 4 is 22.6 Å². The van der Waals surface area contributed by atoms with Gasteiger partial charge in [-0.2, -0.15) is 5.26 Å². The first kappa shape index (κ1) is 37.9. The molecule has 1 fully saturated rings. The lowest BCUT2D eigenvalue weighted by Crippen LogP contribution is -2.22. The number of fused-ring (bicyclic) bond motifs is 1. The Bertz CT molecular complexity index is 2240. The van der Waals surface area contributed by atoms with Gasteiger partial charge in [0.1, 0.15) is 42.4 Å². The van der Waals surface area contributed by atoms with Gasteiger partial charge in [0.05, 0.1) is 28.2 Å². The van der Waals surface area contributed by atoms with E-state index in [9.17, 15) is 5.26 Å². The van der Waals surface area contributed by atoms with Crippen LogP contribution >= 0.6 is 11.6 Å². The van der Waals surface area contributed by atoms with E-state index in [0.717, 1.165) is 80.9 Å². The summed E-state index contributed by atoms with van der Waals surface area (Å²) >= 11 is 6.89. The van der Waals surface area contributed by atoms with Crippen LogP contribution in [0.15, 0.2) is 91.3 Å². The number of aromatic amines is 1. The average molecular weight is 755 g/mol. The van der Waals surface area contributed by atoms with Gasteiger partial charge in [-0.25, -0.2) is 4.98 Å². The number of nitrogens with one attached hydrogen (secondary N) is 2. The first-order valence-corrected chi connectivity index (χ1v) is 19.4. The van der Waals surface area contributed by atoms with Gasteiger partial charge in [0, 0.05) is 55.6 Å². The van der Waals surface area contributed by atoms with Crippen molar-refractivity contribution in [2.75, 3.05) is 32.8 Å². The van der Waals surface area contributed by atoms with Crippen LogP contribution in [0.5, 0.6) is 17.2 Å². The summed E-state index contributed by atoms with van der Waals surface area (Å²) in [7, 11) is 0. The van der Waals surface area contributed by atoms with Crippen LogP contribution in [0.1, 0.15) is 58.5 Å². The fraction of sp³-hybridized carbons (Fsp3) is 0.311. The summed E-state index contributed by atoms with van der Waals surface area (Å²) in [5, 5.41) is 13.4. The number of aromatic nitrogens is 3. The van der Waals surface area contributed by atoms with E-state index >= 15 is 0 Å². The number of nitrogens with zero attached hydrogens (tertiary/aromatic N) is 4. The summed E-state index contributed by atoms with van der Waals surface area (Å²) in [5.41, 5.74) is 9.77. The first-order valence-electron chi connectivity index (χ1n) is 19.0. The molecule has 0 spiro atoms. The molecule has 0 atom stereocenters. The molecule has 282 valence electrons. The van der Waals surface area contributed by atoms with E-state index in [1.54, 1.807) is 12.3 Å². The second-order valence-corrected chi connectivity index (χ2v) is 14.5. The maximum atomic E-state index is 9.37. The van der Waals surface area contributed by atoms with E-state index in [1.165, 1.54) is 32.1 Å². The Morgan fingerprint density at radius 1 is 0.836 bits per heavy atom. The van der Waals surface area contributed by atoms with Crippen LogP contribution in [-0.4, -0.2) is 52.6 Å². The molecule has 1 aliphatic heterocycles. The van der Waals surface area contributed by atoms with Gasteiger partial charge in [0.25, 0.3) is 0 Å². The molecule has 10 heteroatoms. The van der Waals surface area contributed by atoms with Crippen molar-refractivity contribution in [3.63, 3.8) is 0 Å². The number of hydrogen-bond acceptors (Lipinski definition) is 8. The number of hydrogen-bond donors (Lipinski definition) is 2. The molecular weight excluding hydrogens is 708 g/mol. The van der Waals surface area contributed by atoms with E-state index in [-0.39, 0.29) is 6.61 Å². The third-order valence-corrected chi connectivity index (χ3v) is 10.5. The normalized spacial score (nSPS) is 12.9. The lowest BCUT2D eigenvalue weighted by atomic mass is 9.93. The second kappa shape index (κ2) is 18.3. The SMILES string of the molecule is Cc1c(COc2cc(OCc3cncc(C#N)c3)c(CNCCc3nc4ccccc4[nH]3)cc2Cl)cccc1-c1cccc(OCCCN2CCCC2)c1C. The smallest absolute Gasteiger partial charge is 0.142 e. The maximum Gasteiger partial charge on any atom is 0.142 e. The molecule has 1 saturated heterocycles. The highest BCUT2D eigenvalue weighted by Gasteiger charge is 2.16. The van der Waals surface area contributed by atoms with E-state index in [4.69, 9.17) is 30.8 Å². The number of nitriles is 1. The lowest BCUT2D eigenvalue weighted by Gasteiger charge is -2.19. The first-order chi connectivity index (χ1) is 26.9. The molecule has 4 aromatic carbocycles. The molecule has 2 N–H and O–H groups in total. The third kappa shape index (κ3) is 9.65. The van der Waals surface area contributed by atoms with Crippen LogP contribution in [0.25, 0.3) is 22.2 Å². The summed E-state index contributed by atoms with van der Waals surface area (Å²) in [5.74, 6) is 3.02. The largest absolute Gasteiger partial charge is 0.493 e. The lowest BCUT2D eigenvalue weighted by molar-refractivity contribution is 0.262. The Kier molecular flexibility index (Phi) is 12.6. The minimum absolute atomic E-state index is 0.233. The fourth-order valence-corrected chi connectivity index (χ4v) is 7.37. The van der Waals surface area contributed by atoms with Crippen molar-refractivity contribution in [1.82, 2.24) is 25.2 Å². The number of ether oxygens (including phenoxy) is 3. The maximum absolute atomic E-state index is 9.37. The van der Waals surface area contributed by atoms with Gasteiger partial charge in [-0.15, -0.1) is 0 Å². The highest BCUT2D eigenvalue weighted by atomic mass is 35.5. The number of H-pyrrole nitrogens is 1. The summed E-state index contributed by atoms with van der Waals surface area (Å²) < 4.78 is 19.1. The molecule has 2 aromatic heterocycles. The van der Waals surface area contributed by atoms with Crippen molar-refractivity contribution in [2.24, 2.45) is 0 Å². The molecule has 0 saturated carbocycles. The zero-order valence-corrected chi connectivity index (χ0v) is 32.3. The highest BCUT2D eigenvalue weighted by molar-refractivity contribution is 6.32. The number of imidazole rings is 1. The average Bonchev–Trinajstić information content (AvgIpc) is 3.89. The predicted molar refractivity (Wildman–Crippen MR) is 218 cm³/mol. The summed E-state index contributed by atoms with van der Waals surface area (Å²) in [4.78, 5) is 14.8. The molecule has 9 nitrogen and oxygen atoms in total. The van der Waals surface area contributed by atoms with E-state index in [1.807, 2.05) is 36.4 Å². The Balaban J connectivity index is 1.04. The van der Waals surface area contributed by atoms with Crippen molar-refractivity contribution in [3.05, 3.63) is 135 Å². The second-order valence-electron chi connectivity index (χ2n) is 14.1. The Morgan fingerprint density at radius 2 is 1.64 bits per heavy atom. The number of likely N-dealkylation sites (tertiary alicyclic amines) is 1. The third-order valence-electron chi connectivity index (χ3n) is 10.2. The van der Waals surface area contributed by atoms with E-state index in [2.05, 4.69) is 76.5 Å². The van der Waals surface area contributed by atoms with E-state index in [0.29, 0.717) is 48.4 Å². The van der Waals surface area contributed by atoms with Gasteiger partial charge in [-0.05, 0) is 104 Å². The van der Waals surface area contributed by atoms with Gasteiger partial charge in [-0.1, -0.05) is 54.1 Å². The zero-order valence-electron chi connectivity index (χ0n) is 31.5. The Hall–Kier alpha value is -5.40.